The van der Waals surface area contributed by atoms with Crippen molar-refractivity contribution in [3.05, 3.63) is 225 Å². The maximum atomic E-state index is 4.00. The third kappa shape index (κ3) is 17.6. The molecule has 4 aromatic rings. The summed E-state index contributed by atoms with van der Waals surface area (Å²) in [6, 6.07) is 29.7. The second-order valence-corrected chi connectivity index (χ2v) is 19.8. The van der Waals surface area contributed by atoms with Gasteiger partial charge in [0, 0.05) is 10.8 Å². The Morgan fingerprint density at radius 2 is 1.37 bits per heavy atom. The maximum absolute atomic E-state index is 4.00. The van der Waals surface area contributed by atoms with E-state index in [9.17, 15) is 0 Å². The number of aryl methyl sites for hydroxylation is 3. The van der Waals surface area contributed by atoms with Crippen molar-refractivity contribution in [2.24, 2.45) is 0 Å². The standard InChI is InChI=1S/C30H36.C18H20.C16H18.4C2H6.C2H2.CH4/c1-5-12-25(15-10-13-23(3)6-2)19-20-26-16-11-18-29(30(26)27-21-22-27)28-17-9-7-8-14-24(28)4;1-4-7-13-10-11-15-14-8-5-6-9-16(14)18(2,3)17(15)12-13;1-11-8-9-13-12-6-4-5-7-14(12)16(2,3)15(13)10-11;5*1-2;/h5-7,9-14,16-18,27H,1,8,15,19-22H2,2-4H3;5-6,8-12H,4,7H2,1-3H3;4,6,8-10H,5,7H2,1-3H3;4*1-2H3;1-2H;1H4/b13-10-,23-6-,25-12-;;;;;;;;. The number of hydrogen-bond acceptors (Lipinski definition) is 0. The van der Waals surface area contributed by atoms with Crippen molar-refractivity contribution >= 4 is 11.1 Å². The van der Waals surface area contributed by atoms with Gasteiger partial charge in [-0.05, 0) is 164 Å². The fourth-order valence-corrected chi connectivity index (χ4v) is 10.5. The van der Waals surface area contributed by atoms with Crippen LogP contribution in [0.15, 0.2) is 175 Å². The molecule has 0 nitrogen and oxygen atoms in total. The molecule has 0 radical (unpaired) electrons. The molecule has 4 aromatic carbocycles. The van der Waals surface area contributed by atoms with Crippen LogP contribution >= 0.6 is 0 Å². The molecule has 404 valence electrons. The van der Waals surface area contributed by atoms with Gasteiger partial charge in [0.2, 0.25) is 0 Å². The fourth-order valence-electron chi connectivity index (χ4n) is 10.5. The Hall–Kier alpha value is -5.90. The Kier molecular flexibility index (Phi) is 31.0. The molecule has 0 aromatic heterocycles. The molecule has 75 heavy (non-hydrogen) atoms. The average Bonchev–Trinajstić information content (AvgIpc) is 4.26. The largest absolute Gasteiger partial charge is 0.124 e. The number of allylic oxidation sites excluding steroid dienone is 17. The predicted octanol–water partition coefficient (Wildman–Crippen LogP) is 23.1. The second-order valence-electron chi connectivity index (χ2n) is 19.8. The third-order valence-electron chi connectivity index (χ3n) is 14.4. The zero-order valence-corrected chi connectivity index (χ0v) is 49.9. The lowest BCUT2D eigenvalue weighted by atomic mass is 9.78. The van der Waals surface area contributed by atoms with Crippen LogP contribution in [0, 0.1) is 19.8 Å². The molecule has 5 aliphatic carbocycles. The van der Waals surface area contributed by atoms with Crippen LogP contribution in [-0.4, -0.2) is 0 Å². The van der Waals surface area contributed by atoms with Gasteiger partial charge in [0.15, 0.2) is 0 Å². The number of benzene rings is 4. The van der Waals surface area contributed by atoms with Crippen molar-refractivity contribution in [1.29, 1.82) is 0 Å². The van der Waals surface area contributed by atoms with Crippen molar-refractivity contribution in [2.75, 3.05) is 0 Å². The monoisotopic (exact) mass is 1000 g/mol. The van der Waals surface area contributed by atoms with Gasteiger partial charge in [0.25, 0.3) is 0 Å². The summed E-state index contributed by atoms with van der Waals surface area (Å²) in [6.45, 7) is 40.3. The minimum absolute atomic E-state index is 0. The minimum atomic E-state index is 0. The molecule has 0 heterocycles. The molecule has 1 saturated carbocycles. The molecule has 0 saturated heterocycles. The van der Waals surface area contributed by atoms with Gasteiger partial charge in [-0.25, -0.2) is 0 Å². The van der Waals surface area contributed by atoms with Crippen molar-refractivity contribution in [1.82, 2.24) is 0 Å². The molecular weight excluding hydrogens is 901 g/mol. The lowest BCUT2D eigenvalue weighted by Gasteiger charge is -2.25. The fraction of sp³-hybridized carbons (Fsp3) is 0.413. The summed E-state index contributed by atoms with van der Waals surface area (Å²) >= 11 is 0. The van der Waals surface area contributed by atoms with Crippen LogP contribution < -0.4 is 0 Å². The highest BCUT2D eigenvalue weighted by molar-refractivity contribution is 5.87. The van der Waals surface area contributed by atoms with Crippen molar-refractivity contribution in [2.45, 2.75) is 206 Å². The van der Waals surface area contributed by atoms with Gasteiger partial charge >= 0.3 is 0 Å². The van der Waals surface area contributed by atoms with Crippen LogP contribution in [0.1, 0.15) is 226 Å². The summed E-state index contributed by atoms with van der Waals surface area (Å²) in [5, 5.41) is 0. The maximum Gasteiger partial charge on any atom is 0.0158 e. The molecule has 0 spiro atoms. The van der Waals surface area contributed by atoms with E-state index < -0.39 is 0 Å². The molecule has 0 aliphatic heterocycles. The topological polar surface area (TPSA) is 0 Å². The number of rotatable bonds is 11. The molecule has 0 atom stereocenters. The zero-order valence-electron chi connectivity index (χ0n) is 49.9. The lowest BCUT2D eigenvalue weighted by molar-refractivity contribution is 0.607. The Balaban J connectivity index is 0.000000538. The number of fused-ring (bicyclic) bond motifs is 5. The van der Waals surface area contributed by atoms with Gasteiger partial charge in [-0.15, -0.1) is 12.8 Å². The van der Waals surface area contributed by atoms with Gasteiger partial charge in [-0.2, -0.15) is 0 Å². The van der Waals surface area contributed by atoms with E-state index in [2.05, 4.69) is 221 Å². The highest BCUT2D eigenvalue weighted by atomic mass is 14.4. The Morgan fingerprint density at radius 1 is 0.733 bits per heavy atom. The average molecular weight is 1010 g/mol. The summed E-state index contributed by atoms with van der Waals surface area (Å²) < 4.78 is 0. The highest BCUT2D eigenvalue weighted by Gasteiger charge is 2.37. The molecule has 1 fully saturated rings. The van der Waals surface area contributed by atoms with Crippen LogP contribution in [0.4, 0.5) is 0 Å². The lowest BCUT2D eigenvalue weighted by Crippen LogP contribution is -2.17. The van der Waals surface area contributed by atoms with Gasteiger partial charge in [-0.3, -0.25) is 0 Å². The SMILES string of the molecule is C.C#C.C=C/C=C(/C/C=C\C(C)=C/C)CCc1cccc(C2=CC=CCC=C2C)c1C1CC1.CC.CC.CC.CC.CCCc1ccc2c(c1)C(C)(C)c1ccccc1-2.Cc1ccc2c(c1)C(C)(C)C1=C2C=CCC1. The van der Waals surface area contributed by atoms with E-state index in [0.717, 1.165) is 31.6 Å². The Bertz CT molecular complexity index is 2650. The van der Waals surface area contributed by atoms with Crippen molar-refractivity contribution < 1.29 is 0 Å². The van der Waals surface area contributed by atoms with E-state index in [0.29, 0.717) is 0 Å². The molecule has 0 bridgehead atoms. The van der Waals surface area contributed by atoms with Crippen LogP contribution in [0.5, 0.6) is 0 Å². The molecule has 0 amide bonds. The van der Waals surface area contributed by atoms with E-state index in [4.69, 9.17) is 0 Å². The van der Waals surface area contributed by atoms with Gasteiger partial charge < -0.3 is 0 Å². The van der Waals surface area contributed by atoms with Crippen LogP contribution in [0.3, 0.4) is 0 Å². The van der Waals surface area contributed by atoms with E-state index in [-0.39, 0.29) is 18.3 Å². The summed E-state index contributed by atoms with van der Waals surface area (Å²) in [7, 11) is 0. The zero-order chi connectivity index (χ0) is 55.4. The molecule has 0 unspecified atom stereocenters. The first-order valence-corrected chi connectivity index (χ1v) is 28.7. The first-order chi connectivity index (χ1) is 35.9. The molecule has 5 aliphatic rings. The molecule has 0 heteroatoms. The summed E-state index contributed by atoms with van der Waals surface area (Å²) in [5.74, 6) is 0.737. The molecule has 0 N–H and O–H groups in total. The van der Waals surface area contributed by atoms with Gasteiger partial charge in [-0.1, -0.05) is 278 Å². The first-order valence-electron chi connectivity index (χ1n) is 28.7. The van der Waals surface area contributed by atoms with Crippen LogP contribution in [0.25, 0.3) is 22.3 Å². The van der Waals surface area contributed by atoms with Crippen molar-refractivity contribution in [3.8, 4) is 24.0 Å². The number of terminal acetylenes is 1. The van der Waals surface area contributed by atoms with E-state index in [1.807, 2.05) is 61.5 Å². The highest BCUT2D eigenvalue weighted by Crippen LogP contribution is 2.51. The quantitative estimate of drug-likeness (QED) is 0.104. The summed E-state index contributed by atoms with van der Waals surface area (Å²) in [4.78, 5) is 0. The molecule has 9 rings (SSSR count). The third-order valence-corrected chi connectivity index (χ3v) is 14.4. The summed E-state index contributed by atoms with van der Waals surface area (Å²) in [6.07, 6.45) is 44.2. The Labute approximate surface area is 463 Å². The predicted molar refractivity (Wildman–Crippen MR) is 343 cm³/mol. The van der Waals surface area contributed by atoms with E-state index in [1.54, 1.807) is 11.1 Å². The first kappa shape index (κ1) is 67.1. The van der Waals surface area contributed by atoms with Gasteiger partial charge in [0.05, 0.1) is 0 Å². The van der Waals surface area contributed by atoms with Crippen molar-refractivity contribution in [3.63, 3.8) is 0 Å². The Morgan fingerprint density at radius 3 is 2.03 bits per heavy atom. The summed E-state index contributed by atoms with van der Waals surface area (Å²) in [5.41, 5.74) is 25.3. The van der Waals surface area contributed by atoms with E-state index in [1.165, 1.54) is 122 Å². The van der Waals surface area contributed by atoms with Crippen LogP contribution in [0.2, 0.25) is 0 Å². The second kappa shape index (κ2) is 34.6. The van der Waals surface area contributed by atoms with Crippen LogP contribution in [-0.2, 0) is 23.7 Å². The smallest absolute Gasteiger partial charge is 0.0158 e. The number of hydrogen-bond donors (Lipinski definition) is 0. The van der Waals surface area contributed by atoms with Gasteiger partial charge in [0.1, 0.15) is 0 Å². The normalized spacial score (nSPS) is 15.6. The molecular formula is C75H104. The van der Waals surface area contributed by atoms with E-state index >= 15 is 0 Å². The minimum Gasteiger partial charge on any atom is -0.124 e.